The first-order valence-corrected chi connectivity index (χ1v) is 9.89. The predicted molar refractivity (Wildman–Crippen MR) is 113 cm³/mol. The summed E-state index contributed by atoms with van der Waals surface area (Å²) in [6, 6.07) is 10.00. The quantitative estimate of drug-likeness (QED) is 0.496. The van der Waals surface area contributed by atoms with E-state index < -0.39 is 17.5 Å². The minimum Gasteiger partial charge on any atom is -0.454 e. The van der Waals surface area contributed by atoms with E-state index in [0.29, 0.717) is 22.7 Å². The maximum atomic E-state index is 13.3. The van der Waals surface area contributed by atoms with Crippen molar-refractivity contribution in [2.45, 2.75) is 19.0 Å². The van der Waals surface area contributed by atoms with Crippen molar-refractivity contribution in [2.75, 3.05) is 17.8 Å². The highest BCUT2D eigenvalue weighted by Gasteiger charge is 2.49. The number of nitrogens with one attached hydrogen (secondary N) is 2. The van der Waals surface area contributed by atoms with E-state index in [2.05, 4.69) is 25.6 Å². The molecule has 0 bridgehead atoms. The molecule has 0 aliphatic carbocycles. The zero-order valence-corrected chi connectivity index (χ0v) is 17.3. The molecular weight excluding hydrogens is 433 g/mol. The number of nitrogens with two attached hydrogens (primary N) is 1. The second kappa shape index (κ2) is 7.58. The Balaban J connectivity index is 1.38. The lowest BCUT2D eigenvalue weighted by molar-refractivity contribution is -0.131. The van der Waals surface area contributed by atoms with E-state index in [0.717, 1.165) is 4.90 Å². The van der Waals surface area contributed by atoms with Gasteiger partial charge in [0.1, 0.15) is 11.4 Å². The van der Waals surface area contributed by atoms with Crippen molar-refractivity contribution in [1.29, 1.82) is 0 Å². The van der Waals surface area contributed by atoms with Gasteiger partial charge in [0.15, 0.2) is 17.3 Å². The van der Waals surface area contributed by atoms with Gasteiger partial charge in [0, 0.05) is 5.69 Å². The number of aromatic nitrogens is 3. The summed E-state index contributed by atoms with van der Waals surface area (Å²) in [5, 5.41) is 5.61. The summed E-state index contributed by atoms with van der Waals surface area (Å²) >= 11 is 0. The van der Waals surface area contributed by atoms with Crippen molar-refractivity contribution in [3.8, 4) is 11.5 Å². The summed E-state index contributed by atoms with van der Waals surface area (Å²) in [5.41, 5.74) is 5.54. The van der Waals surface area contributed by atoms with Crippen molar-refractivity contribution in [3.63, 3.8) is 0 Å². The van der Waals surface area contributed by atoms with Crippen LogP contribution in [0.1, 0.15) is 18.3 Å². The van der Waals surface area contributed by atoms with Gasteiger partial charge in [0.25, 0.3) is 5.91 Å². The number of nitrogen functional groups attached to an aromatic ring is 1. The van der Waals surface area contributed by atoms with Crippen LogP contribution in [-0.2, 0) is 16.9 Å². The third kappa shape index (κ3) is 3.71. The van der Waals surface area contributed by atoms with Crippen molar-refractivity contribution < 1.29 is 23.5 Å². The molecule has 2 aromatic carbocycles. The van der Waals surface area contributed by atoms with E-state index in [9.17, 15) is 14.0 Å². The molecule has 4 N–H and O–H groups in total. The molecule has 1 atom stereocenters. The van der Waals surface area contributed by atoms with Crippen LogP contribution in [0.15, 0.2) is 42.5 Å². The first-order valence-electron chi connectivity index (χ1n) is 9.89. The third-order valence-corrected chi connectivity index (χ3v) is 5.32. The van der Waals surface area contributed by atoms with E-state index in [1.807, 2.05) is 0 Å². The van der Waals surface area contributed by atoms with Crippen molar-refractivity contribution in [1.82, 2.24) is 25.2 Å². The summed E-state index contributed by atoms with van der Waals surface area (Å²) < 4.78 is 23.8. The van der Waals surface area contributed by atoms with Crippen LogP contribution in [0.2, 0.25) is 0 Å². The van der Waals surface area contributed by atoms with E-state index >= 15 is 0 Å². The molecule has 3 aromatic rings. The number of urea groups is 1. The minimum absolute atomic E-state index is 0.0923. The normalized spacial score (nSPS) is 19.0. The molecule has 0 saturated carbocycles. The first-order chi connectivity index (χ1) is 15.8. The first kappa shape index (κ1) is 20.4. The smallest absolute Gasteiger partial charge is 0.325 e. The van der Waals surface area contributed by atoms with Crippen LogP contribution in [0.3, 0.4) is 0 Å². The second-order valence-electron chi connectivity index (χ2n) is 7.58. The van der Waals surface area contributed by atoms with Gasteiger partial charge in [-0.15, -0.1) is 0 Å². The van der Waals surface area contributed by atoms with Crippen molar-refractivity contribution in [3.05, 3.63) is 59.7 Å². The Morgan fingerprint density at radius 2 is 1.88 bits per heavy atom. The maximum absolute atomic E-state index is 13.3. The molecule has 1 fully saturated rings. The summed E-state index contributed by atoms with van der Waals surface area (Å²) in [5.74, 6) is 0.281. The van der Waals surface area contributed by atoms with E-state index in [1.165, 1.54) is 24.3 Å². The fraction of sp³-hybridized carbons (Fsp3) is 0.190. The Bertz CT molecular complexity index is 1270. The number of rotatable bonds is 5. The predicted octanol–water partition coefficient (Wildman–Crippen LogP) is 2.03. The van der Waals surface area contributed by atoms with Crippen LogP contribution in [0, 0.1) is 5.82 Å². The molecule has 3 heterocycles. The number of fused-ring (bicyclic) bond motifs is 1. The zero-order valence-electron chi connectivity index (χ0n) is 17.3. The third-order valence-electron chi connectivity index (χ3n) is 5.32. The number of carbonyl (C=O) groups excluding carboxylic acids is 2. The van der Waals surface area contributed by atoms with Gasteiger partial charge in [0.2, 0.25) is 18.7 Å². The van der Waals surface area contributed by atoms with Crippen LogP contribution in [-0.4, -0.2) is 38.6 Å². The van der Waals surface area contributed by atoms with E-state index in [1.54, 1.807) is 25.1 Å². The van der Waals surface area contributed by atoms with Crippen LogP contribution in [0.5, 0.6) is 11.5 Å². The number of benzene rings is 2. The number of halogens is 1. The molecule has 5 rings (SSSR count). The molecule has 3 amide bonds. The van der Waals surface area contributed by atoms with Crippen molar-refractivity contribution >= 4 is 29.5 Å². The number of amides is 3. The van der Waals surface area contributed by atoms with E-state index in [-0.39, 0.29) is 36.9 Å². The number of imide groups is 1. The topological polar surface area (TPSA) is 145 Å². The Morgan fingerprint density at radius 1 is 1.12 bits per heavy atom. The fourth-order valence-electron chi connectivity index (χ4n) is 3.61. The molecule has 2 aliphatic rings. The number of nitrogens with zero attached hydrogens (tertiary/aromatic N) is 4. The molecule has 0 spiro atoms. The second-order valence-corrected chi connectivity index (χ2v) is 7.58. The molecule has 33 heavy (non-hydrogen) atoms. The van der Waals surface area contributed by atoms with Gasteiger partial charge in [-0.1, -0.05) is 6.07 Å². The zero-order chi connectivity index (χ0) is 23.2. The van der Waals surface area contributed by atoms with Gasteiger partial charge in [-0.2, -0.15) is 15.0 Å². The minimum atomic E-state index is -1.31. The van der Waals surface area contributed by atoms with Gasteiger partial charge in [-0.05, 0) is 48.9 Å². The Kier molecular flexibility index (Phi) is 4.69. The number of hydrogen-bond donors (Lipinski definition) is 3. The summed E-state index contributed by atoms with van der Waals surface area (Å²) in [4.78, 5) is 39.2. The molecular formula is C21H18FN7O4. The fourth-order valence-corrected chi connectivity index (χ4v) is 3.61. The standard InChI is InChI=1S/C21H18FN7O4/c1-21(11-2-7-14-15(8-11)33-10-32-14)17(30)29(20(31)28-21)9-16-25-18(23)27-19(26-16)24-13-5-3-12(22)4-6-13/h2-8H,9-10H2,1H3,(H,28,31)(H3,23,24,25,26,27)/t21-/m0/s1. The molecule has 0 radical (unpaired) electrons. The van der Waals surface area contributed by atoms with Gasteiger partial charge in [0.05, 0.1) is 6.54 Å². The Morgan fingerprint density at radius 3 is 2.67 bits per heavy atom. The molecule has 12 heteroatoms. The van der Waals surface area contributed by atoms with Gasteiger partial charge in [-0.25, -0.2) is 9.18 Å². The van der Waals surface area contributed by atoms with Gasteiger partial charge in [-0.3, -0.25) is 9.69 Å². The number of anilines is 3. The monoisotopic (exact) mass is 451 g/mol. The molecule has 168 valence electrons. The number of ether oxygens (including phenoxy) is 2. The Labute approximate surface area is 186 Å². The lowest BCUT2D eigenvalue weighted by Crippen LogP contribution is -2.40. The average Bonchev–Trinajstić information content (AvgIpc) is 3.33. The SMILES string of the molecule is C[C@@]1(c2ccc3c(c2)OCO3)NC(=O)N(Cc2nc(N)nc(Nc3ccc(F)cc3)n2)C1=O. The lowest BCUT2D eigenvalue weighted by Gasteiger charge is -2.22. The van der Waals surface area contributed by atoms with Crippen LogP contribution in [0.4, 0.5) is 26.8 Å². The van der Waals surface area contributed by atoms with Crippen LogP contribution in [0.25, 0.3) is 0 Å². The highest BCUT2D eigenvalue weighted by molar-refractivity contribution is 6.07. The van der Waals surface area contributed by atoms with Crippen LogP contribution < -0.4 is 25.8 Å². The Hall–Kier alpha value is -4.48. The van der Waals surface area contributed by atoms with Crippen LogP contribution >= 0.6 is 0 Å². The van der Waals surface area contributed by atoms with Gasteiger partial charge >= 0.3 is 6.03 Å². The number of hydrogen-bond acceptors (Lipinski definition) is 9. The molecule has 11 nitrogen and oxygen atoms in total. The molecule has 1 aromatic heterocycles. The number of carbonyl (C=O) groups is 2. The highest BCUT2D eigenvalue weighted by atomic mass is 19.1. The van der Waals surface area contributed by atoms with E-state index in [4.69, 9.17) is 15.2 Å². The summed E-state index contributed by atoms with van der Waals surface area (Å²) in [6.45, 7) is 1.47. The summed E-state index contributed by atoms with van der Waals surface area (Å²) in [6.07, 6.45) is 0. The average molecular weight is 451 g/mol. The molecule has 1 saturated heterocycles. The summed E-state index contributed by atoms with van der Waals surface area (Å²) in [7, 11) is 0. The largest absolute Gasteiger partial charge is 0.454 e. The molecule has 2 aliphatic heterocycles. The van der Waals surface area contributed by atoms with Gasteiger partial charge < -0.3 is 25.8 Å². The molecule has 0 unspecified atom stereocenters. The highest BCUT2D eigenvalue weighted by Crippen LogP contribution is 2.38. The van der Waals surface area contributed by atoms with Crippen molar-refractivity contribution in [2.24, 2.45) is 0 Å². The maximum Gasteiger partial charge on any atom is 0.325 e. The lowest BCUT2D eigenvalue weighted by atomic mass is 9.91.